The first kappa shape index (κ1) is 25.3. The molecule has 11 heteroatoms. The maximum Gasteiger partial charge on any atom is 0.256 e. The van der Waals surface area contributed by atoms with Gasteiger partial charge in [0.1, 0.15) is 0 Å². The highest BCUT2D eigenvalue weighted by molar-refractivity contribution is 8.03. The zero-order valence-corrected chi connectivity index (χ0v) is 20.7. The lowest BCUT2D eigenvalue weighted by molar-refractivity contribution is 0.0968. The highest BCUT2D eigenvalue weighted by Crippen LogP contribution is 2.31. The number of sulfone groups is 1. The van der Waals surface area contributed by atoms with Crippen molar-refractivity contribution in [3.8, 4) is 0 Å². The fourth-order valence-electron chi connectivity index (χ4n) is 3.42. The molecule has 0 atom stereocenters. The van der Waals surface area contributed by atoms with Crippen LogP contribution in [0.5, 0.6) is 0 Å². The van der Waals surface area contributed by atoms with Gasteiger partial charge in [0.15, 0.2) is 9.84 Å². The molecular formula is C22H27N3O5S3. The molecule has 178 valence electrons. The van der Waals surface area contributed by atoms with Crippen LogP contribution in [-0.2, 0) is 19.9 Å². The van der Waals surface area contributed by atoms with Gasteiger partial charge in [0, 0.05) is 35.5 Å². The van der Waals surface area contributed by atoms with Crippen molar-refractivity contribution in [2.24, 2.45) is 0 Å². The van der Waals surface area contributed by atoms with E-state index < -0.39 is 25.8 Å². The lowest BCUT2D eigenvalue weighted by Crippen LogP contribution is -2.32. The Bertz CT molecular complexity index is 1270. The Labute approximate surface area is 199 Å². The molecule has 1 fully saturated rings. The molecule has 0 unspecified atom stereocenters. The third kappa shape index (κ3) is 6.38. The second kappa shape index (κ2) is 10.3. The van der Waals surface area contributed by atoms with Crippen molar-refractivity contribution in [1.29, 1.82) is 0 Å². The monoisotopic (exact) mass is 509 g/mol. The smallest absolute Gasteiger partial charge is 0.256 e. The summed E-state index contributed by atoms with van der Waals surface area (Å²) < 4.78 is 51.1. The number of nitrogens with two attached hydrogens (primary N) is 1. The summed E-state index contributed by atoms with van der Waals surface area (Å²) in [5, 5.41) is 2.83. The van der Waals surface area contributed by atoms with Crippen LogP contribution in [0.15, 0.2) is 68.8 Å². The average Bonchev–Trinajstić information content (AvgIpc) is 3.05. The first-order chi connectivity index (χ1) is 15.5. The van der Waals surface area contributed by atoms with Gasteiger partial charge in [-0.15, -0.1) is 0 Å². The van der Waals surface area contributed by atoms with E-state index in [1.807, 2.05) is 0 Å². The third-order valence-electron chi connectivity index (χ3n) is 5.20. The van der Waals surface area contributed by atoms with Crippen molar-refractivity contribution < 1.29 is 21.6 Å². The fourth-order valence-corrected chi connectivity index (χ4v) is 6.49. The molecule has 3 rings (SSSR count). The molecule has 0 saturated carbocycles. The Morgan fingerprint density at radius 1 is 1.00 bits per heavy atom. The topological polar surface area (TPSA) is 127 Å². The zero-order chi connectivity index (χ0) is 24.2. The van der Waals surface area contributed by atoms with Crippen LogP contribution in [0, 0.1) is 0 Å². The first-order valence-corrected chi connectivity index (χ1v) is 14.5. The Balaban J connectivity index is 1.74. The third-order valence-corrected chi connectivity index (χ3v) is 9.13. The van der Waals surface area contributed by atoms with Gasteiger partial charge in [-0.2, -0.15) is 4.31 Å². The second-order valence-electron chi connectivity index (χ2n) is 7.80. The van der Waals surface area contributed by atoms with Gasteiger partial charge in [0.2, 0.25) is 10.0 Å². The van der Waals surface area contributed by atoms with Crippen LogP contribution in [0.2, 0.25) is 0 Å². The molecule has 1 saturated heterocycles. The number of carbonyl (C=O) groups is 1. The normalized spacial score (nSPS) is 15.5. The number of hydrogen-bond donors (Lipinski definition) is 2. The summed E-state index contributed by atoms with van der Waals surface area (Å²) in [6.45, 7) is 4.75. The van der Waals surface area contributed by atoms with E-state index in [4.69, 9.17) is 5.73 Å². The average molecular weight is 510 g/mol. The Morgan fingerprint density at radius 2 is 1.67 bits per heavy atom. The number of rotatable bonds is 7. The summed E-state index contributed by atoms with van der Waals surface area (Å²) in [6.07, 6.45) is 4.74. The van der Waals surface area contributed by atoms with E-state index in [1.165, 1.54) is 46.8 Å². The maximum absolute atomic E-state index is 13.0. The van der Waals surface area contributed by atoms with Gasteiger partial charge < -0.3 is 11.1 Å². The number of thioether (sulfide) groups is 1. The van der Waals surface area contributed by atoms with E-state index in [2.05, 4.69) is 11.9 Å². The van der Waals surface area contributed by atoms with Gasteiger partial charge >= 0.3 is 0 Å². The Morgan fingerprint density at radius 3 is 2.30 bits per heavy atom. The van der Waals surface area contributed by atoms with E-state index in [0.717, 1.165) is 43.7 Å². The van der Waals surface area contributed by atoms with Gasteiger partial charge in [0.25, 0.3) is 5.91 Å². The predicted octanol–water partition coefficient (Wildman–Crippen LogP) is 3.23. The van der Waals surface area contributed by atoms with Crippen LogP contribution in [-0.4, -0.2) is 46.4 Å². The van der Waals surface area contributed by atoms with Crippen LogP contribution in [0.25, 0.3) is 0 Å². The van der Waals surface area contributed by atoms with Crippen LogP contribution < -0.4 is 11.1 Å². The maximum atomic E-state index is 13.0. The van der Waals surface area contributed by atoms with Crippen molar-refractivity contribution in [1.82, 2.24) is 9.62 Å². The van der Waals surface area contributed by atoms with E-state index >= 15 is 0 Å². The molecule has 0 radical (unpaired) electrons. The standard InChI is InChI=1S/C22H27N3O5S3/c1-16(31-21-15-18(32(2,27)28)10-11-20(21)23)24-22(26)17-8-7-9-19(14-17)33(29,30)25-12-5-3-4-6-13-25/h7-11,14-15H,1,3-6,12-13,23H2,2H3,(H,24,26). The molecular weight excluding hydrogens is 482 g/mol. The molecule has 1 aliphatic heterocycles. The number of carbonyl (C=O) groups excluding carboxylic acids is 1. The van der Waals surface area contributed by atoms with Crippen molar-refractivity contribution >= 4 is 43.2 Å². The second-order valence-corrected chi connectivity index (χ2v) is 12.9. The van der Waals surface area contributed by atoms with Crippen molar-refractivity contribution in [3.63, 3.8) is 0 Å². The number of benzene rings is 2. The van der Waals surface area contributed by atoms with Gasteiger partial charge in [-0.3, -0.25) is 4.79 Å². The minimum absolute atomic E-state index is 0.0698. The van der Waals surface area contributed by atoms with Crippen LogP contribution >= 0.6 is 11.8 Å². The largest absolute Gasteiger partial charge is 0.398 e. The van der Waals surface area contributed by atoms with Crippen LogP contribution in [0.4, 0.5) is 5.69 Å². The summed E-state index contributed by atoms with van der Waals surface area (Å²) in [4.78, 5) is 13.3. The molecule has 8 nitrogen and oxygen atoms in total. The Hall–Kier alpha value is -2.34. The van der Waals surface area contributed by atoms with Gasteiger partial charge in [0.05, 0.1) is 14.8 Å². The summed E-state index contributed by atoms with van der Waals surface area (Å²) in [7, 11) is -7.11. The van der Waals surface area contributed by atoms with Crippen LogP contribution in [0.3, 0.4) is 0 Å². The van der Waals surface area contributed by atoms with E-state index in [-0.39, 0.29) is 20.4 Å². The van der Waals surface area contributed by atoms with Crippen molar-refractivity contribution in [2.75, 3.05) is 25.1 Å². The minimum Gasteiger partial charge on any atom is -0.398 e. The molecule has 0 spiro atoms. The SMILES string of the molecule is C=C(NC(=O)c1cccc(S(=O)(=O)N2CCCCCC2)c1)Sc1cc(S(C)(=O)=O)ccc1N. The first-order valence-electron chi connectivity index (χ1n) is 10.4. The molecule has 0 aliphatic carbocycles. The van der Waals surface area contributed by atoms with Gasteiger partial charge in [-0.05, 0) is 49.2 Å². The molecule has 0 aromatic heterocycles. The number of nitrogens with zero attached hydrogens (tertiary/aromatic N) is 1. The van der Waals surface area contributed by atoms with Crippen LogP contribution in [0.1, 0.15) is 36.0 Å². The quantitative estimate of drug-likeness (QED) is 0.433. The van der Waals surface area contributed by atoms with E-state index in [9.17, 15) is 21.6 Å². The number of anilines is 1. The van der Waals surface area contributed by atoms with E-state index in [1.54, 1.807) is 0 Å². The molecule has 2 aromatic rings. The lowest BCUT2D eigenvalue weighted by Gasteiger charge is -2.20. The summed E-state index contributed by atoms with van der Waals surface area (Å²) in [6, 6.07) is 10.2. The van der Waals surface area contributed by atoms with E-state index in [0.29, 0.717) is 23.7 Å². The van der Waals surface area contributed by atoms with Gasteiger partial charge in [-0.1, -0.05) is 37.2 Å². The number of nitrogens with one attached hydrogen (secondary N) is 1. The van der Waals surface area contributed by atoms with Gasteiger partial charge in [-0.25, -0.2) is 16.8 Å². The molecule has 1 aliphatic rings. The molecule has 3 N–H and O–H groups in total. The lowest BCUT2D eigenvalue weighted by atomic mass is 10.2. The van der Waals surface area contributed by atoms with Crippen molar-refractivity contribution in [3.05, 3.63) is 59.6 Å². The fraction of sp³-hybridized carbons (Fsp3) is 0.318. The predicted molar refractivity (Wildman–Crippen MR) is 130 cm³/mol. The zero-order valence-electron chi connectivity index (χ0n) is 18.3. The molecule has 1 amide bonds. The molecule has 33 heavy (non-hydrogen) atoms. The minimum atomic E-state index is -3.69. The number of nitrogen functional groups attached to an aromatic ring is 1. The molecule has 0 bridgehead atoms. The summed E-state index contributed by atoms with van der Waals surface area (Å²) in [5.41, 5.74) is 6.44. The summed E-state index contributed by atoms with van der Waals surface area (Å²) >= 11 is 1.02. The Kier molecular flexibility index (Phi) is 7.88. The molecule has 1 heterocycles. The highest BCUT2D eigenvalue weighted by Gasteiger charge is 2.26. The van der Waals surface area contributed by atoms with Crippen molar-refractivity contribution in [2.45, 2.75) is 40.4 Å². The highest BCUT2D eigenvalue weighted by atomic mass is 32.2. The number of sulfonamides is 1. The number of hydrogen-bond acceptors (Lipinski definition) is 7. The number of amides is 1. The summed E-state index contributed by atoms with van der Waals surface area (Å²) in [5.74, 6) is -0.529. The molecule has 2 aromatic carbocycles.